The van der Waals surface area contributed by atoms with Gasteiger partial charge in [0.1, 0.15) is 17.5 Å². The van der Waals surface area contributed by atoms with Gasteiger partial charge in [-0.25, -0.2) is 18.2 Å². The highest BCUT2D eigenvalue weighted by Gasteiger charge is 2.14. The molecule has 0 bridgehead atoms. The number of anilines is 1. The number of fused-ring (bicyclic) bond motifs is 1. The summed E-state index contributed by atoms with van der Waals surface area (Å²) in [5.41, 5.74) is 6.62. The number of nitrogens with two attached hydrogens (primary N) is 1. The molecule has 7 heteroatoms. The van der Waals surface area contributed by atoms with Gasteiger partial charge in [-0.2, -0.15) is 0 Å². The lowest BCUT2D eigenvalue weighted by Gasteiger charge is -2.08. The normalized spacial score (nSPS) is 11.2. The lowest BCUT2D eigenvalue weighted by molar-refractivity contribution is 0.579. The summed E-state index contributed by atoms with van der Waals surface area (Å²) in [7, 11) is 0. The number of nitrogens with zero attached hydrogens (tertiary/aromatic N) is 2. The number of halogens is 4. The van der Waals surface area contributed by atoms with Crippen LogP contribution in [0.1, 0.15) is 5.56 Å². The molecule has 108 valence electrons. The zero-order chi connectivity index (χ0) is 15.1. The smallest absolute Gasteiger partial charge is 0.201 e. The fourth-order valence-corrected chi connectivity index (χ4v) is 2.30. The number of hydrogen-bond donors (Lipinski definition) is 1. The Morgan fingerprint density at radius 2 is 1.86 bits per heavy atom. The Bertz CT molecular complexity index is 845. The van der Waals surface area contributed by atoms with Gasteiger partial charge in [-0.1, -0.05) is 11.6 Å². The van der Waals surface area contributed by atoms with E-state index < -0.39 is 17.5 Å². The Balaban J connectivity index is 2.14. The van der Waals surface area contributed by atoms with Gasteiger partial charge < -0.3 is 10.3 Å². The summed E-state index contributed by atoms with van der Waals surface area (Å²) in [6.07, 6.45) is 0. The molecule has 0 fully saturated rings. The molecule has 3 rings (SSSR count). The molecule has 0 radical (unpaired) electrons. The minimum Gasteiger partial charge on any atom is -0.369 e. The van der Waals surface area contributed by atoms with E-state index in [-0.39, 0.29) is 23.1 Å². The van der Waals surface area contributed by atoms with Crippen molar-refractivity contribution in [3.63, 3.8) is 0 Å². The number of nitrogen functional groups attached to an aromatic ring is 1. The van der Waals surface area contributed by atoms with E-state index in [9.17, 15) is 13.2 Å². The van der Waals surface area contributed by atoms with E-state index in [4.69, 9.17) is 17.3 Å². The molecule has 0 amide bonds. The first-order valence-electron chi connectivity index (χ1n) is 6.00. The highest BCUT2D eigenvalue weighted by Crippen LogP contribution is 2.26. The van der Waals surface area contributed by atoms with Crippen LogP contribution >= 0.6 is 11.6 Å². The van der Waals surface area contributed by atoms with E-state index in [0.717, 1.165) is 24.3 Å². The Labute approximate surface area is 122 Å². The van der Waals surface area contributed by atoms with Crippen LogP contribution in [0.25, 0.3) is 11.0 Å². The lowest BCUT2D eigenvalue weighted by atomic mass is 10.2. The molecule has 0 aliphatic heterocycles. The molecule has 0 spiro atoms. The predicted molar refractivity (Wildman–Crippen MR) is 74.6 cm³/mol. The summed E-state index contributed by atoms with van der Waals surface area (Å²) in [6.45, 7) is -0.0338. The molecule has 3 aromatic rings. The molecule has 0 saturated heterocycles. The third kappa shape index (κ3) is 2.42. The van der Waals surface area contributed by atoms with Crippen molar-refractivity contribution in [2.24, 2.45) is 0 Å². The molecule has 0 aliphatic rings. The monoisotopic (exact) mass is 311 g/mol. The third-order valence-electron chi connectivity index (χ3n) is 3.16. The van der Waals surface area contributed by atoms with Gasteiger partial charge in [0.25, 0.3) is 0 Å². The molecule has 2 N–H and O–H groups in total. The van der Waals surface area contributed by atoms with Crippen LogP contribution in [0.4, 0.5) is 19.1 Å². The number of benzene rings is 2. The topological polar surface area (TPSA) is 43.8 Å². The molecule has 3 nitrogen and oxygen atoms in total. The maximum atomic E-state index is 13.7. The number of rotatable bonds is 2. The molecule has 21 heavy (non-hydrogen) atoms. The molecule has 1 aromatic heterocycles. The molecule has 0 saturated carbocycles. The van der Waals surface area contributed by atoms with Crippen LogP contribution in [-0.2, 0) is 6.54 Å². The predicted octanol–water partition coefficient (Wildman–Crippen LogP) is 3.74. The van der Waals surface area contributed by atoms with Crippen LogP contribution in [0.2, 0.25) is 5.02 Å². The zero-order valence-corrected chi connectivity index (χ0v) is 11.3. The van der Waals surface area contributed by atoms with Gasteiger partial charge in [-0.05, 0) is 24.3 Å². The van der Waals surface area contributed by atoms with Crippen molar-refractivity contribution in [3.8, 4) is 0 Å². The zero-order valence-electron chi connectivity index (χ0n) is 10.6. The first-order valence-corrected chi connectivity index (χ1v) is 6.38. The second-order valence-electron chi connectivity index (χ2n) is 4.55. The second-order valence-corrected chi connectivity index (χ2v) is 4.95. The van der Waals surface area contributed by atoms with Crippen LogP contribution in [0.5, 0.6) is 0 Å². The van der Waals surface area contributed by atoms with Gasteiger partial charge in [0.2, 0.25) is 5.95 Å². The SMILES string of the molecule is Nc1nc2cc(F)c(Cl)cc2n1Cc1cc(F)ccc1F. The van der Waals surface area contributed by atoms with Crippen molar-refractivity contribution in [2.75, 3.05) is 5.73 Å². The van der Waals surface area contributed by atoms with E-state index in [1.165, 1.54) is 10.6 Å². The third-order valence-corrected chi connectivity index (χ3v) is 3.45. The van der Waals surface area contributed by atoms with E-state index in [1.807, 2.05) is 0 Å². The fourth-order valence-electron chi connectivity index (χ4n) is 2.14. The van der Waals surface area contributed by atoms with E-state index in [0.29, 0.717) is 11.0 Å². The standard InChI is InChI=1S/C14H9ClF3N3/c15-9-4-13-12(5-11(9)18)20-14(19)21(13)6-7-3-8(16)1-2-10(7)17/h1-5H,6H2,(H2,19,20). The van der Waals surface area contributed by atoms with Crippen LogP contribution < -0.4 is 5.73 Å². The first kappa shape index (κ1) is 13.8. The van der Waals surface area contributed by atoms with Gasteiger partial charge >= 0.3 is 0 Å². The van der Waals surface area contributed by atoms with Crippen molar-refractivity contribution in [2.45, 2.75) is 6.54 Å². The van der Waals surface area contributed by atoms with Gasteiger partial charge in [-0.15, -0.1) is 0 Å². The van der Waals surface area contributed by atoms with Gasteiger partial charge in [0.05, 0.1) is 22.6 Å². The van der Waals surface area contributed by atoms with Gasteiger partial charge in [0, 0.05) is 11.6 Å². The van der Waals surface area contributed by atoms with E-state index >= 15 is 0 Å². The molecule has 0 atom stereocenters. The molecule has 0 aliphatic carbocycles. The summed E-state index contributed by atoms with van der Waals surface area (Å²) in [5.74, 6) is -1.68. The summed E-state index contributed by atoms with van der Waals surface area (Å²) < 4.78 is 41.8. The average molecular weight is 312 g/mol. The van der Waals surface area contributed by atoms with Crippen molar-refractivity contribution >= 4 is 28.6 Å². The number of hydrogen-bond acceptors (Lipinski definition) is 2. The Hall–Kier alpha value is -2.21. The van der Waals surface area contributed by atoms with Gasteiger partial charge in [0.15, 0.2) is 0 Å². The highest BCUT2D eigenvalue weighted by molar-refractivity contribution is 6.31. The van der Waals surface area contributed by atoms with Crippen LogP contribution in [0, 0.1) is 17.5 Å². The fraction of sp³-hybridized carbons (Fsp3) is 0.0714. The number of imidazole rings is 1. The molecular formula is C14H9ClF3N3. The quantitative estimate of drug-likeness (QED) is 0.783. The Morgan fingerprint density at radius 3 is 2.62 bits per heavy atom. The van der Waals surface area contributed by atoms with E-state index in [1.54, 1.807) is 0 Å². The largest absolute Gasteiger partial charge is 0.369 e. The van der Waals surface area contributed by atoms with Crippen molar-refractivity contribution < 1.29 is 13.2 Å². The summed E-state index contributed by atoms with van der Waals surface area (Å²) >= 11 is 5.74. The first-order chi connectivity index (χ1) is 9.95. The van der Waals surface area contributed by atoms with Crippen molar-refractivity contribution in [3.05, 3.63) is 58.4 Å². The minimum atomic E-state index is -0.620. The maximum absolute atomic E-state index is 13.7. The van der Waals surface area contributed by atoms with Crippen molar-refractivity contribution in [1.29, 1.82) is 0 Å². The van der Waals surface area contributed by atoms with Crippen LogP contribution in [0.15, 0.2) is 30.3 Å². The molecule has 1 heterocycles. The number of aromatic nitrogens is 2. The Kier molecular flexibility index (Phi) is 3.25. The highest BCUT2D eigenvalue weighted by atomic mass is 35.5. The lowest BCUT2D eigenvalue weighted by Crippen LogP contribution is -2.06. The van der Waals surface area contributed by atoms with Crippen LogP contribution in [0.3, 0.4) is 0 Å². The maximum Gasteiger partial charge on any atom is 0.201 e. The average Bonchev–Trinajstić information content (AvgIpc) is 2.71. The van der Waals surface area contributed by atoms with Gasteiger partial charge in [-0.3, -0.25) is 0 Å². The summed E-state index contributed by atoms with van der Waals surface area (Å²) in [6, 6.07) is 5.64. The molecule has 2 aromatic carbocycles. The summed E-state index contributed by atoms with van der Waals surface area (Å²) in [4.78, 5) is 3.99. The Morgan fingerprint density at radius 1 is 1.10 bits per heavy atom. The molecular weight excluding hydrogens is 303 g/mol. The molecule has 0 unspecified atom stereocenters. The second kappa shape index (κ2) is 4.96. The van der Waals surface area contributed by atoms with Crippen molar-refractivity contribution in [1.82, 2.24) is 9.55 Å². The summed E-state index contributed by atoms with van der Waals surface area (Å²) in [5, 5.41) is -0.0941. The van der Waals surface area contributed by atoms with Crippen LogP contribution in [-0.4, -0.2) is 9.55 Å². The van der Waals surface area contributed by atoms with E-state index in [2.05, 4.69) is 4.98 Å². The minimum absolute atomic E-state index is 0.0338.